The molecule has 1 aliphatic rings. The minimum atomic E-state index is 0.0197. The summed E-state index contributed by atoms with van der Waals surface area (Å²) in [5.41, 5.74) is 0.734. The molecule has 0 aliphatic carbocycles. The molecule has 0 radical (unpaired) electrons. The lowest BCUT2D eigenvalue weighted by molar-refractivity contribution is 0.0928. The lowest BCUT2D eigenvalue weighted by Crippen LogP contribution is -2.50. The summed E-state index contributed by atoms with van der Waals surface area (Å²) in [6.07, 6.45) is 3.64. The molecular weight excluding hydrogens is 339 g/mol. The van der Waals surface area contributed by atoms with Crippen molar-refractivity contribution in [2.45, 2.75) is 38.3 Å². The molecule has 0 aromatic heterocycles. The van der Waals surface area contributed by atoms with Crippen LogP contribution in [0, 0.1) is 3.57 Å². The van der Waals surface area contributed by atoms with E-state index in [0.29, 0.717) is 6.04 Å². The summed E-state index contributed by atoms with van der Waals surface area (Å²) < 4.78 is 1.14. The van der Waals surface area contributed by atoms with E-state index in [0.717, 1.165) is 22.1 Å². The standard InChI is InChI=1S/C14H19IN2O/c1-10(13-4-2-3-9-16-13)17-14(18)11-5-7-12(15)8-6-11/h5-8,10,13,16H,2-4,9H2,1H3,(H,17,18). The number of benzene rings is 1. The zero-order valence-electron chi connectivity index (χ0n) is 10.6. The topological polar surface area (TPSA) is 41.1 Å². The highest BCUT2D eigenvalue weighted by molar-refractivity contribution is 14.1. The maximum absolute atomic E-state index is 12.1. The Morgan fingerprint density at radius 1 is 1.39 bits per heavy atom. The number of nitrogens with one attached hydrogen (secondary N) is 2. The summed E-state index contributed by atoms with van der Waals surface area (Å²) >= 11 is 2.24. The first-order chi connectivity index (χ1) is 8.66. The third-order valence-corrected chi connectivity index (χ3v) is 4.14. The molecule has 1 aromatic carbocycles. The quantitative estimate of drug-likeness (QED) is 0.816. The molecule has 18 heavy (non-hydrogen) atoms. The molecule has 1 aromatic rings. The number of halogens is 1. The first kappa shape index (κ1) is 13.8. The minimum absolute atomic E-state index is 0.0197. The van der Waals surface area contributed by atoms with Gasteiger partial charge in [0.05, 0.1) is 0 Å². The predicted octanol–water partition coefficient (Wildman–Crippen LogP) is 2.55. The van der Waals surface area contributed by atoms with Crippen molar-refractivity contribution in [2.75, 3.05) is 6.54 Å². The maximum atomic E-state index is 12.1. The highest BCUT2D eigenvalue weighted by Gasteiger charge is 2.21. The molecular formula is C14H19IN2O. The fourth-order valence-corrected chi connectivity index (χ4v) is 2.66. The van der Waals surface area contributed by atoms with Crippen LogP contribution in [-0.2, 0) is 0 Å². The van der Waals surface area contributed by atoms with Gasteiger partial charge in [0.15, 0.2) is 0 Å². The van der Waals surface area contributed by atoms with Gasteiger partial charge in [0.25, 0.3) is 5.91 Å². The summed E-state index contributed by atoms with van der Waals surface area (Å²) in [7, 11) is 0. The van der Waals surface area contributed by atoms with Crippen molar-refractivity contribution in [1.29, 1.82) is 0 Å². The predicted molar refractivity (Wildman–Crippen MR) is 81.7 cm³/mol. The third-order valence-electron chi connectivity index (χ3n) is 3.42. The van der Waals surface area contributed by atoms with Crippen LogP contribution < -0.4 is 10.6 Å². The number of hydrogen-bond acceptors (Lipinski definition) is 2. The summed E-state index contributed by atoms with van der Waals surface area (Å²) in [5.74, 6) is 0.0197. The van der Waals surface area contributed by atoms with Crippen molar-refractivity contribution in [3.8, 4) is 0 Å². The van der Waals surface area contributed by atoms with Crippen LogP contribution >= 0.6 is 22.6 Å². The van der Waals surface area contributed by atoms with Gasteiger partial charge in [-0.15, -0.1) is 0 Å². The molecule has 2 N–H and O–H groups in total. The smallest absolute Gasteiger partial charge is 0.251 e. The van der Waals surface area contributed by atoms with E-state index < -0.39 is 0 Å². The number of piperidine rings is 1. The lowest BCUT2D eigenvalue weighted by atomic mass is 9.99. The molecule has 1 aliphatic heterocycles. The Labute approximate surface area is 122 Å². The van der Waals surface area contributed by atoms with Crippen LogP contribution in [-0.4, -0.2) is 24.5 Å². The van der Waals surface area contributed by atoms with Gasteiger partial charge >= 0.3 is 0 Å². The number of amides is 1. The average Bonchev–Trinajstić information content (AvgIpc) is 2.40. The van der Waals surface area contributed by atoms with Crippen molar-refractivity contribution in [3.63, 3.8) is 0 Å². The van der Waals surface area contributed by atoms with Gasteiger partial charge in [-0.1, -0.05) is 6.42 Å². The first-order valence-electron chi connectivity index (χ1n) is 6.46. The first-order valence-corrected chi connectivity index (χ1v) is 7.54. The average molecular weight is 358 g/mol. The van der Waals surface area contributed by atoms with Gasteiger partial charge in [0.1, 0.15) is 0 Å². The van der Waals surface area contributed by atoms with Crippen molar-refractivity contribution >= 4 is 28.5 Å². The monoisotopic (exact) mass is 358 g/mol. The summed E-state index contributed by atoms with van der Waals surface area (Å²) in [6, 6.07) is 8.25. The fourth-order valence-electron chi connectivity index (χ4n) is 2.30. The molecule has 0 saturated carbocycles. The van der Waals surface area contributed by atoms with Crippen LogP contribution in [0.5, 0.6) is 0 Å². The number of hydrogen-bond donors (Lipinski definition) is 2. The van der Waals surface area contributed by atoms with Crippen LogP contribution in [0.4, 0.5) is 0 Å². The molecule has 98 valence electrons. The van der Waals surface area contributed by atoms with E-state index in [4.69, 9.17) is 0 Å². The second-order valence-electron chi connectivity index (χ2n) is 4.83. The van der Waals surface area contributed by atoms with Gasteiger partial charge in [-0.05, 0) is 73.2 Å². The van der Waals surface area contributed by atoms with Crippen LogP contribution in [0.3, 0.4) is 0 Å². The van der Waals surface area contributed by atoms with E-state index in [-0.39, 0.29) is 11.9 Å². The van der Waals surface area contributed by atoms with Gasteiger partial charge in [-0.25, -0.2) is 0 Å². The zero-order valence-corrected chi connectivity index (χ0v) is 12.7. The maximum Gasteiger partial charge on any atom is 0.251 e. The summed E-state index contributed by atoms with van der Waals surface area (Å²) in [6.45, 7) is 3.14. The Kier molecular flexibility index (Phi) is 5.00. The molecule has 0 bridgehead atoms. The van der Waals surface area contributed by atoms with Crippen LogP contribution in [0.2, 0.25) is 0 Å². The zero-order chi connectivity index (χ0) is 13.0. The largest absolute Gasteiger partial charge is 0.348 e. The molecule has 4 heteroatoms. The molecule has 2 atom stereocenters. The normalized spacial score (nSPS) is 21.3. The van der Waals surface area contributed by atoms with Crippen molar-refractivity contribution in [3.05, 3.63) is 33.4 Å². The van der Waals surface area contributed by atoms with E-state index >= 15 is 0 Å². The fraction of sp³-hybridized carbons (Fsp3) is 0.500. The van der Waals surface area contributed by atoms with Gasteiger partial charge in [0, 0.05) is 21.2 Å². The molecule has 0 spiro atoms. The summed E-state index contributed by atoms with van der Waals surface area (Å²) in [4.78, 5) is 12.1. The third kappa shape index (κ3) is 3.68. The molecule has 1 fully saturated rings. The SMILES string of the molecule is CC(NC(=O)c1ccc(I)cc1)C1CCCCN1. The number of rotatable bonds is 3. The van der Waals surface area contributed by atoms with Crippen LogP contribution in [0.1, 0.15) is 36.5 Å². The van der Waals surface area contributed by atoms with Gasteiger partial charge in [-0.3, -0.25) is 4.79 Å². The Morgan fingerprint density at radius 2 is 2.11 bits per heavy atom. The second kappa shape index (κ2) is 6.52. The number of carbonyl (C=O) groups is 1. The Morgan fingerprint density at radius 3 is 2.72 bits per heavy atom. The number of carbonyl (C=O) groups excluding carboxylic acids is 1. The highest BCUT2D eigenvalue weighted by Crippen LogP contribution is 2.11. The molecule has 1 saturated heterocycles. The van der Waals surface area contributed by atoms with E-state index in [1.807, 2.05) is 24.3 Å². The van der Waals surface area contributed by atoms with Gasteiger partial charge in [-0.2, -0.15) is 0 Å². The minimum Gasteiger partial charge on any atom is -0.348 e. The Bertz CT molecular complexity index is 399. The molecule has 1 amide bonds. The van der Waals surface area contributed by atoms with E-state index in [9.17, 15) is 4.79 Å². The van der Waals surface area contributed by atoms with Crippen molar-refractivity contribution in [1.82, 2.24) is 10.6 Å². The van der Waals surface area contributed by atoms with Gasteiger partial charge < -0.3 is 10.6 Å². The molecule has 1 heterocycles. The van der Waals surface area contributed by atoms with E-state index in [1.165, 1.54) is 12.8 Å². The van der Waals surface area contributed by atoms with Gasteiger partial charge in [0.2, 0.25) is 0 Å². The van der Waals surface area contributed by atoms with Crippen LogP contribution in [0.15, 0.2) is 24.3 Å². The van der Waals surface area contributed by atoms with Crippen molar-refractivity contribution < 1.29 is 4.79 Å². The van der Waals surface area contributed by atoms with E-state index in [1.54, 1.807) is 0 Å². The Hall–Kier alpha value is -0.620. The molecule has 2 rings (SSSR count). The van der Waals surface area contributed by atoms with E-state index in [2.05, 4.69) is 40.1 Å². The molecule has 3 nitrogen and oxygen atoms in total. The Balaban J connectivity index is 1.91. The molecule has 2 unspecified atom stereocenters. The lowest BCUT2D eigenvalue weighted by Gasteiger charge is -2.29. The van der Waals surface area contributed by atoms with Crippen LogP contribution in [0.25, 0.3) is 0 Å². The second-order valence-corrected chi connectivity index (χ2v) is 6.07. The highest BCUT2D eigenvalue weighted by atomic mass is 127. The van der Waals surface area contributed by atoms with Crippen molar-refractivity contribution in [2.24, 2.45) is 0 Å². The summed E-state index contributed by atoms with van der Waals surface area (Å²) in [5, 5.41) is 6.55.